The van der Waals surface area contributed by atoms with E-state index in [2.05, 4.69) is 15.8 Å². The molecule has 1 aliphatic rings. The van der Waals surface area contributed by atoms with Crippen LogP contribution in [-0.2, 0) is 14.6 Å². The van der Waals surface area contributed by atoms with Crippen LogP contribution in [0.2, 0.25) is 0 Å². The van der Waals surface area contributed by atoms with Gasteiger partial charge in [-0.3, -0.25) is 10.2 Å². The molecule has 1 aromatic carbocycles. The molecule has 1 atom stereocenters. The van der Waals surface area contributed by atoms with Crippen molar-refractivity contribution in [1.29, 1.82) is 5.26 Å². The van der Waals surface area contributed by atoms with Crippen molar-refractivity contribution in [2.24, 2.45) is 5.10 Å². The van der Waals surface area contributed by atoms with E-state index in [1.165, 1.54) is 24.3 Å². The molecule has 2 rings (SSSR count). The van der Waals surface area contributed by atoms with Gasteiger partial charge in [0.1, 0.15) is 11.9 Å². The van der Waals surface area contributed by atoms with Gasteiger partial charge in [-0.2, -0.15) is 10.4 Å². The van der Waals surface area contributed by atoms with Crippen molar-refractivity contribution in [2.45, 2.75) is 12.5 Å². The molecule has 1 heterocycles. The van der Waals surface area contributed by atoms with Gasteiger partial charge in [0.2, 0.25) is 5.71 Å². The largest absolute Gasteiger partial charge is 0.346 e. The summed E-state index contributed by atoms with van der Waals surface area (Å²) in [7, 11) is -3.12. The van der Waals surface area contributed by atoms with Gasteiger partial charge in [0, 0.05) is 6.04 Å². The maximum atomic E-state index is 12.7. The maximum Gasteiger partial charge on any atom is 0.282 e. The zero-order chi connectivity index (χ0) is 16.2. The second-order valence-corrected chi connectivity index (χ2v) is 6.99. The Balaban J connectivity index is 1.98. The zero-order valence-corrected chi connectivity index (χ0v) is 12.2. The molecule has 0 saturated carbocycles. The summed E-state index contributed by atoms with van der Waals surface area (Å²) in [6, 6.07) is 6.32. The number of nitrogens with zero attached hydrogens (tertiary/aromatic N) is 2. The van der Waals surface area contributed by atoms with Crippen molar-refractivity contribution >= 4 is 27.1 Å². The van der Waals surface area contributed by atoms with E-state index in [-0.39, 0.29) is 11.5 Å². The molecular weight excluding hydrogens is 311 g/mol. The normalized spacial score (nSPS) is 20.2. The molecule has 9 heteroatoms. The van der Waals surface area contributed by atoms with Crippen molar-refractivity contribution < 1.29 is 17.6 Å². The number of hydrogen-bond donors (Lipinski definition) is 2. The van der Waals surface area contributed by atoms with Gasteiger partial charge >= 0.3 is 0 Å². The van der Waals surface area contributed by atoms with Crippen LogP contribution in [0.4, 0.5) is 10.1 Å². The molecule has 0 aromatic heterocycles. The monoisotopic (exact) mass is 324 g/mol. The van der Waals surface area contributed by atoms with E-state index in [0.717, 1.165) is 0 Å². The molecule has 116 valence electrons. The second kappa shape index (κ2) is 6.53. The molecule has 0 bridgehead atoms. The fourth-order valence-corrected chi connectivity index (χ4v) is 3.61. The lowest BCUT2D eigenvalue weighted by atomic mass is 10.2. The number of hydrogen-bond acceptors (Lipinski definition) is 6. The van der Waals surface area contributed by atoms with Gasteiger partial charge in [0.15, 0.2) is 9.84 Å². The van der Waals surface area contributed by atoms with E-state index < -0.39 is 33.3 Å². The Bertz CT molecular complexity index is 738. The molecule has 1 unspecified atom stereocenters. The van der Waals surface area contributed by atoms with Crippen LogP contribution < -0.4 is 10.7 Å². The predicted molar refractivity (Wildman–Crippen MR) is 78.3 cm³/mol. The van der Waals surface area contributed by atoms with Gasteiger partial charge in [-0.15, -0.1) is 0 Å². The van der Waals surface area contributed by atoms with Crippen LogP contribution in [0.1, 0.15) is 6.42 Å². The molecule has 1 amide bonds. The first-order valence-electron chi connectivity index (χ1n) is 6.40. The van der Waals surface area contributed by atoms with Gasteiger partial charge in [-0.05, 0) is 30.7 Å². The highest BCUT2D eigenvalue weighted by Gasteiger charge is 2.29. The summed E-state index contributed by atoms with van der Waals surface area (Å²) in [5, 5.41) is 15.0. The number of rotatable bonds is 4. The van der Waals surface area contributed by atoms with E-state index in [4.69, 9.17) is 5.26 Å². The minimum Gasteiger partial charge on any atom is -0.346 e. The Morgan fingerprint density at radius 3 is 2.59 bits per heavy atom. The number of sulfone groups is 1. The number of benzene rings is 1. The quantitative estimate of drug-likeness (QED) is 0.616. The third-order valence-corrected chi connectivity index (χ3v) is 4.80. The Morgan fingerprint density at radius 1 is 1.36 bits per heavy atom. The predicted octanol–water partition coefficient (Wildman–Crippen LogP) is 0.420. The summed E-state index contributed by atoms with van der Waals surface area (Å²) >= 11 is 0. The van der Waals surface area contributed by atoms with Crippen LogP contribution >= 0.6 is 0 Å². The van der Waals surface area contributed by atoms with E-state index in [1.807, 2.05) is 0 Å². The topological polar surface area (TPSA) is 111 Å². The number of carbonyl (C=O) groups excluding carboxylic acids is 1. The summed E-state index contributed by atoms with van der Waals surface area (Å²) in [5.74, 6) is -1.29. The number of hydrazone groups is 1. The molecule has 1 aromatic rings. The van der Waals surface area contributed by atoms with Gasteiger partial charge in [-0.1, -0.05) is 0 Å². The Morgan fingerprint density at radius 2 is 2.05 bits per heavy atom. The summed E-state index contributed by atoms with van der Waals surface area (Å²) < 4.78 is 35.4. The molecule has 0 aliphatic carbocycles. The van der Waals surface area contributed by atoms with Crippen molar-refractivity contribution in [3.05, 3.63) is 30.1 Å². The van der Waals surface area contributed by atoms with Crippen LogP contribution in [0.25, 0.3) is 0 Å². The summed E-state index contributed by atoms with van der Waals surface area (Å²) in [4.78, 5) is 11.9. The molecular formula is C13H13FN4O3S. The minimum atomic E-state index is -3.12. The number of nitrogens with one attached hydrogen (secondary N) is 2. The number of carbonyl (C=O) groups is 1. The van der Waals surface area contributed by atoms with E-state index in [0.29, 0.717) is 12.1 Å². The lowest BCUT2D eigenvalue weighted by molar-refractivity contribution is -0.115. The molecule has 7 nitrogen and oxygen atoms in total. The van der Waals surface area contributed by atoms with Crippen LogP contribution in [0.3, 0.4) is 0 Å². The fraction of sp³-hybridized carbons (Fsp3) is 0.308. The molecule has 0 radical (unpaired) electrons. The smallest absolute Gasteiger partial charge is 0.282 e. The molecule has 1 fully saturated rings. The average molecular weight is 324 g/mol. The van der Waals surface area contributed by atoms with E-state index >= 15 is 0 Å². The number of nitriles is 1. The van der Waals surface area contributed by atoms with Gasteiger partial charge in [0.25, 0.3) is 5.91 Å². The third-order valence-electron chi connectivity index (χ3n) is 3.03. The summed E-state index contributed by atoms with van der Waals surface area (Å²) in [5.41, 5.74) is 2.44. The fourth-order valence-electron chi connectivity index (χ4n) is 1.93. The Kier molecular flexibility index (Phi) is 4.72. The van der Waals surface area contributed by atoms with Gasteiger partial charge < -0.3 is 5.32 Å². The first kappa shape index (κ1) is 15.9. The molecule has 2 N–H and O–H groups in total. The number of anilines is 1. The standard InChI is InChI=1S/C13H13FN4O3S/c14-9-1-3-10(4-2-9)17-18-12(7-15)13(19)16-11-5-6-22(20,21)8-11/h1-4,11,17H,5-6,8H2,(H,16,19)/b18-12-. The third kappa shape index (κ3) is 4.26. The van der Waals surface area contributed by atoms with Crippen molar-refractivity contribution in [3.63, 3.8) is 0 Å². The maximum absolute atomic E-state index is 12.7. The lowest BCUT2D eigenvalue weighted by Crippen LogP contribution is -2.39. The van der Waals surface area contributed by atoms with Gasteiger partial charge in [0.05, 0.1) is 17.2 Å². The van der Waals surface area contributed by atoms with Crippen LogP contribution in [0, 0.1) is 17.1 Å². The molecule has 1 aliphatic heterocycles. The first-order chi connectivity index (χ1) is 10.4. The number of halogens is 1. The summed E-state index contributed by atoms with van der Waals surface area (Å²) in [6.07, 6.45) is 0.318. The highest BCUT2D eigenvalue weighted by molar-refractivity contribution is 7.91. The average Bonchev–Trinajstić information content (AvgIpc) is 2.80. The molecule has 1 saturated heterocycles. The molecule has 22 heavy (non-hydrogen) atoms. The van der Waals surface area contributed by atoms with Crippen molar-refractivity contribution in [1.82, 2.24) is 5.32 Å². The lowest BCUT2D eigenvalue weighted by Gasteiger charge is -2.09. The van der Waals surface area contributed by atoms with Gasteiger partial charge in [-0.25, -0.2) is 12.8 Å². The van der Waals surface area contributed by atoms with E-state index in [1.54, 1.807) is 6.07 Å². The highest BCUT2D eigenvalue weighted by atomic mass is 32.2. The zero-order valence-electron chi connectivity index (χ0n) is 11.4. The van der Waals surface area contributed by atoms with Crippen LogP contribution in [0.15, 0.2) is 29.4 Å². The van der Waals surface area contributed by atoms with Crippen LogP contribution in [-0.4, -0.2) is 37.6 Å². The van der Waals surface area contributed by atoms with Crippen LogP contribution in [0.5, 0.6) is 0 Å². The molecule has 0 spiro atoms. The second-order valence-electron chi connectivity index (χ2n) is 4.76. The Labute approximate surface area is 126 Å². The van der Waals surface area contributed by atoms with Crippen molar-refractivity contribution in [2.75, 3.05) is 16.9 Å². The first-order valence-corrected chi connectivity index (χ1v) is 8.22. The minimum absolute atomic E-state index is 0.0187. The van der Waals surface area contributed by atoms with Crippen molar-refractivity contribution in [3.8, 4) is 6.07 Å². The SMILES string of the molecule is N#C/C(=N/Nc1ccc(F)cc1)C(=O)NC1CCS(=O)(=O)C1. The highest BCUT2D eigenvalue weighted by Crippen LogP contribution is 2.11. The number of amides is 1. The summed E-state index contributed by atoms with van der Waals surface area (Å²) in [6.45, 7) is 0. The Hall–Kier alpha value is -2.47. The van der Waals surface area contributed by atoms with E-state index in [9.17, 15) is 17.6 Å².